The molecule has 130 valence electrons. The molecule has 0 radical (unpaired) electrons. The molecule has 5 heteroatoms. The second-order valence-corrected chi connectivity index (χ2v) is 7.46. The van der Waals surface area contributed by atoms with Crippen molar-refractivity contribution in [2.45, 2.75) is 37.3 Å². The Balaban J connectivity index is 1.91. The van der Waals surface area contributed by atoms with E-state index in [-0.39, 0.29) is 11.4 Å². The Morgan fingerprint density at radius 2 is 1.88 bits per heavy atom. The van der Waals surface area contributed by atoms with Crippen LogP contribution in [0.2, 0.25) is 0 Å². The van der Waals surface area contributed by atoms with Crippen molar-refractivity contribution in [2.75, 3.05) is 38.5 Å². The van der Waals surface area contributed by atoms with Crippen LogP contribution in [-0.2, 0) is 4.79 Å². The fraction of sp³-hybridized carbons (Fsp3) is 0.526. The van der Waals surface area contributed by atoms with Crippen LogP contribution in [-0.4, -0.2) is 50.1 Å². The van der Waals surface area contributed by atoms with E-state index in [0.717, 1.165) is 42.0 Å². The van der Waals surface area contributed by atoms with E-state index in [1.165, 1.54) is 6.08 Å². The van der Waals surface area contributed by atoms with Gasteiger partial charge in [-0.2, -0.15) is 0 Å². The first-order chi connectivity index (χ1) is 11.3. The number of hydrogen-bond acceptors (Lipinski definition) is 4. The van der Waals surface area contributed by atoms with E-state index >= 15 is 0 Å². The number of amides is 1. The maximum atomic E-state index is 11.8. The van der Waals surface area contributed by atoms with E-state index in [2.05, 4.69) is 42.8 Å². The molecule has 0 atom stereocenters. The van der Waals surface area contributed by atoms with Gasteiger partial charge in [0.15, 0.2) is 0 Å². The van der Waals surface area contributed by atoms with Crippen molar-refractivity contribution in [1.29, 1.82) is 0 Å². The van der Waals surface area contributed by atoms with Crippen LogP contribution in [0, 0.1) is 6.92 Å². The molecular weight excluding hydrogens is 302 g/mol. The Labute approximate surface area is 144 Å². The molecule has 2 bridgehead atoms. The molecule has 0 aliphatic heterocycles. The fourth-order valence-electron chi connectivity index (χ4n) is 4.23. The minimum atomic E-state index is -0.198. The standard InChI is InChI=1S/C19H27N3O2/c1-7-17(23)20-14-8-13(2)16(24-6)9-15(14)22(5)19-10-18(11-19,12-19)21(3)4/h7-9H,1,10-12H2,2-6H3,(H,20,23). The predicted molar refractivity (Wildman–Crippen MR) is 98.0 cm³/mol. The molecule has 0 unspecified atom stereocenters. The van der Waals surface area contributed by atoms with Gasteiger partial charge in [-0.1, -0.05) is 6.58 Å². The second kappa shape index (κ2) is 5.52. The fourth-order valence-corrected chi connectivity index (χ4v) is 4.23. The highest BCUT2D eigenvalue weighted by molar-refractivity contribution is 6.01. The first kappa shape index (κ1) is 16.8. The van der Waals surface area contributed by atoms with Crippen molar-refractivity contribution in [3.05, 3.63) is 30.4 Å². The van der Waals surface area contributed by atoms with E-state index in [0.29, 0.717) is 5.54 Å². The number of carbonyl (C=O) groups is 1. The third-order valence-electron chi connectivity index (χ3n) is 5.95. The summed E-state index contributed by atoms with van der Waals surface area (Å²) in [6.07, 6.45) is 4.78. The van der Waals surface area contributed by atoms with Crippen LogP contribution in [0.3, 0.4) is 0 Å². The number of anilines is 2. The molecule has 3 aliphatic carbocycles. The SMILES string of the molecule is C=CC(=O)Nc1cc(C)c(OC)cc1N(C)C12CC(N(C)C)(C1)C2. The molecule has 0 heterocycles. The van der Waals surface area contributed by atoms with Gasteiger partial charge < -0.3 is 19.9 Å². The molecule has 4 rings (SSSR count). The average molecular weight is 329 g/mol. The van der Waals surface area contributed by atoms with E-state index in [1.54, 1.807) is 7.11 Å². The predicted octanol–water partition coefficient (Wildman–Crippen LogP) is 2.80. The van der Waals surface area contributed by atoms with Gasteiger partial charge in [-0.3, -0.25) is 4.79 Å². The van der Waals surface area contributed by atoms with Crippen LogP contribution >= 0.6 is 0 Å². The van der Waals surface area contributed by atoms with E-state index in [9.17, 15) is 4.79 Å². The smallest absolute Gasteiger partial charge is 0.247 e. The normalized spacial score (nSPS) is 27.1. The van der Waals surface area contributed by atoms with Gasteiger partial charge in [-0.25, -0.2) is 0 Å². The molecule has 24 heavy (non-hydrogen) atoms. The van der Waals surface area contributed by atoms with Crippen LogP contribution in [0.25, 0.3) is 0 Å². The number of aryl methyl sites for hydroxylation is 1. The van der Waals surface area contributed by atoms with Crippen LogP contribution in [0.4, 0.5) is 11.4 Å². The summed E-state index contributed by atoms with van der Waals surface area (Å²) < 4.78 is 5.49. The van der Waals surface area contributed by atoms with E-state index in [4.69, 9.17) is 4.74 Å². The van der Waals surface area contributed by atoms with Gasteiger partial charge in [0.25, 0.3) is 0 Å². The maximum Gasteiger partial charge on any atom is 0.247 e. The average Bonchev–Trinajstić information content (AvgIpc) is 2.43. The van der Waals surface area contributed by atoms with E-state index in [1.807, 2.05) is 19.1 Å². The first-order valence-electron chi connectivity index (χ1n) is 8.30. The monoisotopic (exact) mass is 329 g/mol. The third-order valence-corrected chi connectivity index (χ3v) is 5.95. The highest BCUT2D eigenvalue weighted by atomic mass is 16.5. The minimum Gasteiger partial charge on any atom is -0.496 e. The summed E-state index contributed by atoms with van der Waals surface area (Å²) in [5, 5.41) is 2.94. The maximum absolute atomic E-state index is 11.8. The third kappa shape index (κ3) is 2.30. The Morgan fingerprint density at radius 3 is 2.38 bits per heavy atom. The molecule has 1 aromatic rings. The van der Waals surface area contributed by atoms with Gasteiger partial charge in [0.2, 0.25) is 5.91 Å². The number of ether oxygens (including phenoxy) is 1. The molecule has 0 spiro atoms. The van der Waals surface area contributed by atoms with Crippen molar-refractivity contribution in [1.82, 2.24) is 4.90 Å². The highest BCUT2D eigenvalue weighted by Gasteiger charge is 2.70. The lowest BCUT2D eigenvalue weighted by Crippen LogP contribution is -2.82. The zero-order chi connectivity index (χ0) is 17.7. The lowest BCUT2D eigenvalue weighted by molar-refractivity contribution is -0.144. The summed E-state index contributed by atoms with van der Waals surface area (Å²) in [6, 6.07) is 4.00. The molecule has 0 aromatic heterocycles. The number of nitrogens with zero attached hydrogens (tertiary/aromatic N) is 2. The Bertz CT molecular complexity index is 676. The second-order valence-electron chi connectivity index (χ2n) is 7.46. The van der Waals surface area contributed by atoms with Gasteiger partial charge in [0.1, 0.15) is 5.75 Å². The lowest BCUT2D eigenvalue weighted by atomic mass is 9.43. The largest absolute Gasteiger partial charge is 0.496 e. The summed E-state index contributed by atoms with van der Waals surface area (Å²) in [7, 11) is 8.12. The zero-order valence-corrected chi connectivity index (χ0v) is 15.3. The zero-order valence-electron chi connectivity index (χ0n) is 15.3. The topological polar surface area (TPSA) is 44.8 Å². The Kier molecular flexibility index (Phi) is 3.87. The van der Waals surface area contributed by atoms with Crippen LogP contribution in [0.15, 0.2) is 24.8 Å². The minimum absolute atomic E-state index is 0.193. The Morgan fingerprint density at radius 1 is 1.25 bits per heavy atom. The van der Waals surface area contributed by atoms with Crippen molar-refractivity contribution in [3.8, 4) is 5.75 Å². The Hall–Kier alpha value is -2.01. The van der Waals surface area contributed by atoms with Crippen LogP contribution < -0.4 is 15.0 Å². The molecule has 1 aromatic carbocycles. The number of rotatable bonds is 6. The van der Waals surface area contributed by atoms with Gasteiger partial charge in [0.05, 0.1) is 18.5 Å². The molecule has 1 amide bonds. The van der Waals surface area contributed by atoms with E-state index < -0.39 is 0 Å². The van der Waals surface area contributed by atoms with Crippen LogP contribution in [0.5, 0.6) is 5.75 Å². The summed E-state index contributed by atoms with van der Waals surface area (Å²) in [6.45, 7) is 5.52. The van der Waals surface area contributed by atoms with Crippen molar-refractivity contribution >= 4 is 17.3 Å². The molecular formula is C19H27N3O2. The van der Waals surface area contributed by atoms with Crippen molar-refractivity contribution in [3.63, 3.8) is 0 Å². The van der Waals surface area contributed by atoms with Gasteiger partial charge in [-0.15, -0.1) is 0 Å². The van der Waals surface area contributed by atoms with Crippen LogP contribution in [0.1, 0.15) is 24.8 Å². The number of benzene rings is 1. The lowest BCUT2D eigenvalue weighted by Gasteiger charge is -2.75. The van der Waals surface area contributed by atoms with Gasteiger partial charge in [-0.05, 0) is 58.0 Å². The molecule has 3 fully saturated rings. The molecule has 1 N–H and O–H groups in total. The molecule has 5 nitrogen and oxygen atoms in total. The summed E-state index contributed by atoms with van der Waals surface area (Å²) in [5.74, 6) is 0.638. The van der Waals surface area contributed by atoms with Crippen molar-refractivity contribution < 1.29 is 9.53 Å². The molecule has 0 saturated heterocycles. The number of carbonyl (C=O) groups excluding carboxylic acids is 1. The number of nitrogens with one attached hydrogen (secondary N) is 1. The van der Waals surface area contributed by atoms with Crippen molar-refractivity contribution in [2.24, 2.45) is 0 Å². The van der Waals surface area contributed by atoms with Gasteiger partial charge in [0, 0.05) is 24.2 Å². The summed E-state index contributed by atoms with van der Waals surface area (Å²) >= 11 is 0. The highest BCUT2D eigenvalue weighted by Crippen LogP contribution is 2.66. The first-order valence-corrected chi connectivity index (χ1v) is 8.30. The summed E-state index contributed by atoms with van der Waals surface area (Å²) in [4.78, 5) is 16.5. The summed E-state index contributed by atoms with van der Waals surface area (Å²) in [5.41, 5.74) is 3.37. The molecule has 3 saturated carbocycles. The number of methoxy groups -OCH3 is 1. The quantitative estimate of drug-likeness (QED) is 0.815. The molecule has 3 aliphatic rings. The van der Waals surface area contributed by atoms with Gasteiger partial charge >= 0.3 is 0 Å². The number of hydrogen-bond donors (Lipinski definition) is 1.